The van der Waals surface area contributed by atoms with Crippen LogP contribution in [0.3, 0.4) is 0 Å². The molecule has 2 aromatic rings. The molecular formula is C22H23F3N2O3. The molecule has 30 heavy (non-hydrogen) atoms. The van der Waals surface area contributed by atoms with Gasteiger partial charge in [-0.05, 0) is 30.7 Å². The molecule has 1 heterocycles. The molecular weight excluding hydrogens is 397 g/mol. The first kappa shape index (κ1) is 21.7. The average Bonchev–Trinajstić information content (AvgIpc) is 3.00. The first-order chi connectivity index (χ1) is 14.4. The molecule has 0 atom stereocenters. The van der Waals surface area contributed by atoms with Crippen molar-refractivity contribution in [2.24, 2.45) is 0 Å². The summed E-state index contributed by atoms with van der Waals surface area (Å²) in [4.78, 5) is 28.2. The highest BCUT2D eigenvalue weighted by atomic mass is 19.4. The number of para-hydroxylation sites is 1. The van der Waals surface area contributed by atoms with E-state index >= 15 is 0 Å². The Labute approximate surface area is 173 Å². The Morgan fingerprint density at radius 1 is 0.867 bits per heavy atom. The third kappa shape index (κ3) is 5.52. The molecule has 0 aliphatic carbocycles. The monoisotopic (exact) mass is 420 g/mol. The summed E-state index contributed by atoms with van der Waals surface area (Å²) in [6.07, 6.45) is -3.90. The zero-order valence-corrected chi connectivity index (χ0v) is 16.4. The molecule has 0 saturated carbocycles. The van der Waals surface area contributed by atoms with Crippen LogP contribution in [0.1, 0.15) is 28.8 Å². The molecule has 1 aliphatic rings. The van der Waals surface area contributed by atoms with Crippen molar-refractivity contribution in [2.75, 3.05) is 32.8 Å². The molecule has 0 aromatic heterocycles. The second-order valence-electron chi connectivity index (χ2n) is 6.98. The second-order valence-corrected chi connectivity index (χ2v) is 6.98. The van der Waals surface area contributed by atoms with Crippen LogP contribution < -0.4 is 4.74 Å². The Morgan fingerprint density at radius 3 is 2.23 bits per heavy atom. The SMILES string of the molecule is O=C(CCOc1ccccc1)N1CCCN(C(=O)c2ccccc2C(F)(F)F)CC1. The van der Waals surface area contributed by atoms with Gasteiger partial charge in [-0.15, -0.1) is 0 Å². The summed E-state index contributed by atoms with van der Waals surface area (Å²) in [6, 6.07) is 14.0. The molecule has 0 radical (unpaired) electrons. The van der Waals surface area contributed by atoms with Gasteiger partial charge >= 0.3 is 6.18 Å². The van der Waals surface area contributed by atoms with Crippen molar-refractivity contribution in [3.8, 4) is 5.75 Å². The molecule has 1 fully saturated rings. The van der Waals surface area contributed by atoms with Gasteiger partial charge in [0.2, 0.25) is 5.91 Å². The van der Waals surface area contributed by atoms with E-state index in [-0.39, 0.29) is 37.6 Å². The van der Waals surface area contributed by atoms with Gasteiger partial charge < -0.3 is 14.5 Å². The normalized spacial score (nSPS) is 14.9. The Kier molecular flexibility index (Phi) is 6.97. The number of hydrogen-bond donors (Lipinski definition) is 0. The molecule has 5 nitrogen and oxygen atoms in total. The lowest BCUT2D eigenvalue weighted by atomic mass is 10.1. The number of alkyl halides is 3. The van der Waals surface area contributed by atoms with Crippen LogP contribution in [-0.4, -0.2) is 54.4 Å². The fraction of sp³-hybridized carbons (Fsp3) is 0.364. The summed E-state index contributed by atoms with van der Waals surface area (Å²) in [7, 11) is 0. The Morgan fingerprint density at radius 2 is 1.50 bits per heavy atom. The molecule has 2 aromatic carbocycles. The topological polar surface area (TPSA) is 49.9 Å². The third-order valence-electron chi connectivity index (χ3n) is 4.93. The third-order valence-corrected chi connectivity index (χ3v) is 4.93. The highest BCUT2D eigenvalue weighted by molar-refractivity contribution is 5.96. The van der Waals surface area contributed by atoms with Crippen molar-refractivity contribution in [1.82, 2.24) is 9.80 Å². The van der Waals surface area contributed by atoms with Crippen molar-refractivity contribution in [3.05, 3.63) is 65.7 Å². The lowest BCUT2D eigenvalue weighted by Crippen LogP contribution is -2.38. The molecule has 0 unspecified atom stereocenters. The molecule has 0 N–H and O–H groups in total. The largest absolute Gasteiger partial charge is 0.493 e. The lowest BCUT2D eigenvalue weighted by Gasteiger charge is -2.23. The summed E-state index contributed by atoms with van der Waals surface area (Å²) >= 11 is 0. The van der Waals surface area contributed by atoms with Gasteiger partial charge in [-0.25, -0.2) is 0 Å². The van der Waals surface area contributed by atoms with Crippen molar-refractivity contribution in [2.45, 2.75) is 19.0 Å². The first-order valence-corrected chi connectivity index (χ1v) is 9.77. The van der Waals surface area contributed by atoms with Crippen LogP contribution in [0.15, 0.2) is 54.6 Å². The Hall–Kier alpha value is -3.03. The van der Waals surface area contributed by atoms with E-state index in [1.807, 2.05) is 18.2 Å². The minimum atomic E-state index is -4.60. The van der Waals surface area contributed by atoms with Crippen LogP contribution in [0, 0.1) is 0 Å². The number of hydrogen-bond acceptors (Lipinski definition) is 3. The lowest BCUT2D eigenvalue weighted by molar-refractivity contribution is -0.138. The van der Waals surface area contributed by atoms with Crippen LogP contribution in [0.2, 0.25) is 0 Å². The van der Waals surface area contributed by atoms with Crippen LogP contribution in [0.5, 0.6) is 5.75 Å². The van der Waals surface area contributed by atoms with Gasteiger partial charge in [-0.1, -0.05) is 30.3 Å². The van der Waals surface area contributed by atoms with Crippen molar-refractivity contribution in [1.29, 1.82) is 0 Å². The van der Waals surface area contributed by atoms with Gasteiger partial charge in [0.1, 0.15) is 5.75 Å². The smallest absolute Gasteiger partial charge is 0.417 e. The zero-order chi connectivity index (χ0) is 21.6. The molecule has 0 bridgehead atoms. The molecule has 8 heteroatoms. The Balaban J connectivity index is 1.56. The van der Waals surface area contributed by atoms with Gasteiger partial charge in [0.25, 0.3) is 5.91 Å². The number of halogens is 3. The summed E-state index contributed by atoms with van der Waals surface area (Å²) in [5.74, 6) is -0.0816. The summed E-state index contributed by atoms with van der Waals surface area (Å²) in [5.41, 5.74) is -1.30. The number of benzene rings is 2. The molecule has 3 rings (SSSR count). The van der Waals surface area contributed by atoms with Crippen molar-refractivity contribution in [3.63, 3.8) is 0 Å². The van der Waals surface area contributed by atoms with Gasteiger partial charge in [0, 0.05) is 26.2 Å². The maximum atomic E-state index is 13.2. The highest BCUT2D eigenvalue weighted by Crippen LogP contribution is 2.32. The van der Waals surface area contributed by atoms with Crippen LogP contribution in [0.25, 0.3) is 0 Å². The van der Waals surface area contributed by atoms with E-state index in [1.165, 1.54) is 23.1 Å². The zero-order valence-electron chi connectivity index (χ0n) is 16.4. The molecule has 160 valence electrons. The summed E-state index contributed by atoms with van der Waals surface area (Å²) in [5, 5.41) is 0. The van der Waals surface area contributed by atoms with E-state index < -0.39 is 17.6 Å². The van der Waals surface area contributed by atoms with Gasteiger partial charge in [0.05, 0.1) is 24.2 Å². The van der Waals surface area contributed by atoms with E-state index in [2.05, 4.69) is 0 Å². The van der Waals surface area contributed by atoms with E-state index in [0.717, 1.165) is 6.07 Å². The van der Waals surface area contributed by atoms with Gasteiger partial charge in [-0.3, -0.25) is 9.59 Å². The van der Waals surface area contributed by atoms with E-state index in [4.69, 9.17) is 4.74 Å². The Bertz CT molecular complexity index is 871. The number of amides is 2. The minimum Gasteiger partial charge on any atom is -0.493 e. The number of ether oxygens (including phenoxy) is 1. The van der Waals surface area contributed by atoms with E-state index in [9.17, 15) is 22.8 Å². The average molecular weight is 420 g/mol. The van der Waals surface area contributed by atoms with Crippen molar-refractivity contribution < 1.29 is 27.5 Å². The number of carbonyl (C=O) groups excluding carboxylic acids is 2. The number of rotatable bonds is 5. The van der Waals surface area contributed by atoms with Gasteiger partial charge in [0.15, 0.2) is 0 Å². The van der Waals surface area contributed by atoms with Crippen molar-refractivity contribution >= 4 is 11.8 Å². The fourth-order valence-corrected chi connectivity index (χ4v) is 3.39. The van der Waals surface area contributed by atoms with Gasteiger partial charge in [-0.2, -0.15) is 13.2 Å². The molecule has 0 spiro atoms. The summed E-state index contributed by atoms with van der Waals surface area (Å²) in [6.45, 7) is 1.46. The van der Waals surface area contributed by atoms with Crippen LogP contribution in [-0.2, 0) is 11.0 Å². The maximum Gasteiger partial charge on any atom is 0.417 e. The van der Waals surface area contributed by atoms with E-state index in [1.54, 1.807) is 17.0 Å². The second kappa shape index (κ2) is 9.65. The van der Waals surface area contributed by atoms with Crippen LogP contribution >= 0.6 is 0 Å². The maximum absolute atomic E-state index is 13.2. The predicted octanol–water partition coefficient (Wildman–Crippen LogP) is 3.85. The molecule has 1 saturated heterocycles. The fourth-order valence-electron chi connectivity index (χ4n) is 3.39. The first-order valence-electron chi connectivity index (χ1n) is 9.77. The molecule has 1 aliphatic heterocycles. The predicted molar refractivity (Wildman–Crippen MR) is 105 cm³/mol. The molecule has 2 amide bonds. The van der Waals surface area contributed by atoms with Crippen LogP contribution in [0.4, 0.5) is 13.2 Å². The van der Waals surface area contributed by atoms with E-state index in [0.29, 0.717) is 25.3 Å². The summed E-state index contributed by atoms with van der Waals surface area (Å²) < 4.78 is 45.2. The quantitative estimate of drug-likeness (QED) is 0.738. The standard InChI is InChI=1S/C22H23F3N2O3/c23-22(24,25)19-10-5-4-9-18(19)21(29)27-13-6-12-26(14-15-27)20(28)11-16-30-17-7-2-1-3-8-17/h1-5,7-10H,6,11-16H2. The highest BCUT2D eigenvalue weighted by Gasteiger charge is 2.36. The number of carbonyl (C=O) groups is 2. The number of nitrogens with zero attached hydrogens (tertiary/aromatic N) is 2. The minimum absolute atomic E-state index is 0.101.